The van der Waals surface area contributed by atoms with Crippen LogP contribution in [-0.2, 0) is 18.9 Å². The van der Waals surface area contributed by atoms with Crippen molar-refractivity contribution in [2.24, 2.45) is 0 Å². The molecule has 0 aliphatic carbocycles. The number of unbranched alkanes of at least 4 members (excludes halogenated alkanes) is 1. The molecule has 0 saturated heterocycles. The second-order valence-electron chi connectivity index (χ2n) is 5.46. The van der Waals surface area contributed by atoms with E-state index in [9.17, 15) is 9.90 Å². The van der Waals surface area contributed by atoms with Gasteiger partial charge in [0.15, 0.2) is 6.29 Å². The summed E-state index contributed by atoms with van der Waals surface area (Å²) >= 11 is 0. The number of carbonyl (C=O) groups excluding carboxylic acids is 1. The van der Waals surface area contributed by atoms with Gasteiger partial charge in [0.2, 0.25) is 0 Å². The van der Waals surface area contributed by atoms with Crippen LogP contribution in [0.1, 0.15) is 30.1 Å². The predicted octanol–water partition coefficient (Wildman–Crippen LogP) is 2.28. The lowest BCUT2D eigenvalue weighted by atomic mass is 10.1. The summed E-state index contributed by atoms with van der Waals surface area (Å²) in [6.07, 6.45) is 1.07. The van der Waals surface area contributed by atoms with Crippen molar-refractivity contribution in [3.05, 3.63) is 47.7 Å². The molecule has 0 spiro atoms. The van der Waals surface area contributed by atoms with Crippen LogP contribution in [0.15, 0.2) is 42.2 Å². The van der Waals surface area contributed by atoms with E-state index in [0.717, 1.165) is 12.8 Å². The molecule has 0 fully saturated rings. The molecule has 6 nitrogen and oxygen atoms in total. The highest BCUT2D eigenvalue weighted by atomic mass is 16.7. The van der Waals surface area contributed by atoms with Crippen LogP contribution in [0.4, 0.5) is 0 Å². The molecule has 2 rings (SSSR count). The number of carbonyl (C=O) groups is 1. The highest BCUT2D eigenvalue weighted by Crippen LogP contribution is 2.22. The average Bonchev–Trinajstić information content (AvgIpc) is 2.62. The van der Waals surface area contributed by atoms with Crippen molar-refractivity contribution in [1.29, 1.82) is 0 Å². The Bertz CT molecular complexity index is 542. The summed E-state index contributed by atoms with van der Waals surface area (Å²) in [6, 6.07) is 8.66. The van der Waals surface area contributed by atoms with Gasteiger partial charge < -0.3 is 24.1 Å². The molecule has 132 valence electrons. The number of aliphatic hydroxyl groups is 1. The number of ether oxygens (including phenoxy) is 4. The standard InChI is InChI=1S/C18H24O6/c1-3-4-10-22-14-11-16(21-2)24-15(17(14)19)12-23-18(20)13-8-6-5-7-9-13/h5-9,11,15-17,19H,3-4,10,12H2,1-2H3/t15?,16-,17-/m0/s1. The maximum atomic E-state index is 12.0. The van der Waals surface area contributed by atoms with Gasteiger partial charge in [-0.15, -0.1) is 0 Å². The van der Waals surface area contributed by atoms with Gasteiger partial charge in [-0.1, -0.05) is 31.5 Å². The Hall–Kier alpha value is -1.89. The third-order valence-corrected chi connectivity index (χ3v) is 3.64. The minimum absolute atomic E-state index is 0.0940. The van der Waals surface area contributed by atoms with Gasteiger partial charge in [-0.05, 0) is 18.6 Å². The van der Waals surface area contributed by atoms with Crippen molar-refractivity contribution in [3.63, 3.8) is 0 Å². The predicted molar refractivity (Wildman–Crippen MR) is 87.3 cm³/mol. The maximum absolute atomic E-state index is 12.0. The molecule has 1 aliphatic rings. The summed E-state index contributed by atoms with van der Waals surface area (Å²) in [5, 5.41) is 10.4. The molecule has 1 aromatic rings. The fraction of sp³-hybridized carbons (Fsp3) is 0.500. The Morgan fingerprint density at radius 1 is 1.29 bits per heavy atom. The van der Waals surface area contributed by atoms with E-state index < -0.39 is 24.5 Å². The molecule has 24 heavy (non-hydrogen) atoms. The van der Waals surface area contributed by atoms with Crippen molar-refractivity contribution in [1.82, 2.24) is 0 Å². The molecule has 1 heterocycles. The summed E-state index contributed by atoms with van der Waals surface area (Å²) in [7, 11) is 1.50. The van der Waals surface area contributed by atoms with Crippen LogP contribution >= 0.6 is 0 Å². The molecule has 0 saturated carbocycles. The second-order valence-corrected chi connectivity index (χ2v) is 5.46. The Labute approximate surface area is 142 Å². The first-order valence-corrected chi connectivity index (χ1v) is 8.08. The van der Waals surface area contributed by atoms with Gasteiger partial charge in [-0.3, -0.25) is 0 Å². The number of esters is 1. The SMILES string of the molecule is CCCCOC1=C[C@@H](OC)OC(COC(=O)c2ccccc2)[C@H]1O. The van der Waals surface area contributed by atoms with Crippen LogP contribution in [0.3, 0.4) is 0 Å². The van der Waals surface area contributed by atoms with Gasteiger partial charge in [-0.2, -0.15) is 0 Å². The number of aliphatic hydroxyl groups excluding tert-OH is 1. The number of methoxy groups -OCH3 is 1. The molecule has 0 aromatic heterocycles. The van der Waals surface area contributed by atoms with Gasteiger partial charge in [-0.25, -0.2) is 4.79 Å². The summed E-state index contributed by atoms with van der Waals surface area (Å²) in [5.41, 5.74) is 0.445. The zero-order valence-electron chi connectivity index (χ0n) is 14.0. The number of rotatable bonds is 8. The van der Waals surface area contributed by atoms with Crippen LogP contribution in [0.2, 0.25) is 0 Å². The van der Waals surface area contributed by atoms with Gasteiger partial charge >= 0.3 is 5.97 Å². The lowest BCUT2D eigenvalue weighted by molar-refractivity contribution is -0.181. The lowest BCUT2D eigenvalue weighted by Crippen LogP contribution is -2.43. The monoisotopic (exact) mass is 336 g/mol. The van der Waals surface area contributed by atoms with E-state index in [1.807, 2.05) is 6.07 Å². The molecule has 1 N–H and O–H groups in total. The number of hydrogen-bond acceptors (Lipinski definition) is 6. The highest BCUT2D eigenvalue weighted by Gasteiger charge is 2.34. The number of benzene rings is 1. The largest absolute Gasteiger partial charge is 0.495 e. The minimum Gasteiger partial charge on any atom is -0.495 e. The van der Waals surface area contributed by atoms with E-state index in [0.29, 0.717) is 17.9 Å². The Balaban J connectivity index is 1.94. The Morgan fingerprint density at radius 2 is 2.04 bits per heavy atom. The molecule has 0 bridgehead atoms. The summed E-state index contributed by atoms with van der Waals surface area (Å²) in [6.45, 7) is 2.47. The van der Waals surface area contributed by atoms with E-state index >= 15 is 0 Å². The molecule has 0 amide bonds. The minimum atomic E-state index is -1.00. The first kappa shape index (κ1) is 18.4. The maximum Gasteiger partial charge on any atom is 0.338 e. The van der Waals surface area contributed by atoms with Gasteiger partial charge in [0, 0.05) is 13.2 Å². The molecule has 1 unspecified atom stereocenters. The van der Waals surface area contributed by atoms with Gasteiger partial charge in [0.1, 0.15) is 24.6 Å². The van der Waals surface area contributed by atoms with Gasteiger partial charge in [0.25, 0.3) is 0 Å². The first-order chi connectivity index (χ1) is 11.7. The van der Waals surface area contributed by atoms with E-state index in [1.54, 1.807) is 30.3 Å². The molecular weight excluding hydrogens is 312 g/mol. The van der Waals surface area contributed by atoms with Crippen molar-refractivity contribution in [3.8, 4) is 0 Å². The summed E-state index contributed by atoms with van der Waals surface area (Å²) in [4.78, 5) is 12.0. The average molecular weight is 336 g/mol. The van der Waals surface area contributed by atoms with E-state index in [1.165, 1.54) is 7.11 Å². The molecule has 6 heteroatoms. The number of hydrogen-bond donors (Lipinski definition) is 1. The van der Waals surface area contributed by atoms with Crippen LogP contribution in [0.25, 0.3) is 0 Å². The molecule has 1 aromatic carbocycles. The molecule has 1 aliphatic heterocycles. The van der Waals surface area contributed by atoms with E-state index in [-0.39, 0.29) is 6.61 Å². The summed E-state index contributed by atoms with van der Waals surface area (Å²) in [5.74, 6) is -0.0781. The topological polar surface area (TPSA) is 74.2 Å². The lowest BCUT2D eigenvalue weighted by Gasteiger charge is -2.32. The fourth-order valence-corrected chi connectivity index (χ4v) is 2.24. The zero-order valence-corrected chi connectivity index (χ0v) is 14.0. The van der Waals surface area contributed by atoms with Crippen molar-refractivity contribution in [2.45, 2.75) is 38.3 Å². The van der Waals surface area contributed by atoms with Crippen LogP contribution in [-0.4, -0.2) is 49.9 Å². The van der Waals surface area contributed by atoms with Crippen LogP contribution in [0, 0.1) is 0 Å². The van der Waals surface area contributed by atoms with Gasteiger partial charge in [0.05, 0.1) is 12.2 Å². The Kier molecular flexibility index (Phi) is 7.24. The smallest absolute Gasteiger partial charge is 0.338 e. The third kappa shape index (κ3) is 5.06. The van der Waals surface area contributed by atoms with E-state index in [2.05, 4.69) is 6.92 Å². The normalized spacial score (nSPS) is 23.5. The summed E-state index contributed by atoms with van der Waals surface area (Å²) < 4.78 is 21.6. The quantitative estimate of drug-likeness (QED) is 0.580. The molecular formula is C18H24O6. The highest BCUT2D eigenvalue weighted by molar-refractivity contribution is 5.89. The van der Waals surface area contributed by atoms with Crippen molar-refractivity contribution < 1.29 is 28.8 Å². The molecule has 3 atom stereocenters. The van der Waals surface area contributed by atoms with E-state index in [4.69, 9.17) is 18.9 Å². The molecule has 0 radical (unpaired) electrons. The first-order valence-electron chi connectivity index (χ1n) is 8.08. The zero-order chi connectivity index (χ0) is 17.4. The van der Waals surface area contributed by atoms with Crippen molar-refractivity contribution in [2.75, 3.05) is 20.3 Å². The van der Waals surface area contributed by atoms with Crippen LogP contribution in [0.5, 0.6) is 0 Å². The fourth-order valence-electron chi connectivity index (χ4n) is 2.24. The second kappa shape index (κ2) is 9.42. The van der Waals surface area contributed by atoms with Crippen molar-refractivity contribution >= 4 is 5.97 Å². The third-order valence-electron chi connectivity index (χ3n) is 3.64. The Morgan fingerprint density at radius 3 is 2.71 bits per heavy atom. The van der Waals surface area contributed by atoms with Crippen LogP contribution < -0.4 is 0 Å².